The molecule has 2 aromatic heterocycles. The first-order chi connectivity index (χ1) is 12.4. The van der Waals surface area contributed by atoms with Gasteiger partial charge in [0.2, 0.25) is 5.91 Å². The quantitative estimate of drug-likeness (QED) is 0.912. The average molecular weight is 352 g/mol. The van der Waals surface area contributed by atoms with E-state index < -0.39 is 0 Å². The molecule has 1 fully saturated rings. The lowest BCUT2D eigenvalue weighted by Gasteiger charge is -2.38. The number of hydrogen-bond acceptors (Lipinski definition) is 5. The smallest absolute Gasteiger partial charge is 0.222 e. The monoisotopic (exact) mass is 352 g/mol. The molecule has 0 aromatic carbocycles. The minimum absolute atomic E-state index is 0.0334. The van der Waals surface area contributed by atoms with Crippen LogP contribution in [0.3, 0.4) is 0 Å². The van der Waals surface area contributed by atoms with Gasteiger partial charge in [0.1, 0.15) is 11.9 Å². The predicted octanol–water partition coefficient (Wildman–Crippen LogP) is 2.33. The molecule has 0 saturated carbocycles. The maximum atomic E-state index is 12.2. The standard InChI is InChI=1S/C19H24N6O/c1-12-7-13(2)23-19(16(12)8-20)21-9-14-5-6-17(26)25(4)18(14)15-10-22-24(3)11-15/h7,10-11,14,18H,5-6,9H2,1-4H3,(H,21,23)/t14-,18+/m1/s1. The van der Waals surface area contributed by atoms with Gasteiger partial charge < -0.3 is 10.2 Å². The molecule has 7 nitrogen and oxygen atoms in total. The highest BCUT2D eigenvalue weighted by molar-refractivity contribution is 5.77. The largest absolute Gasteiger partial charge is 0.369 e. The number of nitriles is 1. The SMILES string of the molecule is Cc1cc(C)c(C#N)c(NC[C@H]2CCC(=O)N(C)[C@@H]2c2cnn(C)c2)n1. The zero-order valence-corrected chi connectivity index (χ0v) is 15.7. The Balaban J connectivity index is 1.84. The van der Waals surface area contributed by atoms with E-state index in [-0.39, 0.29) is 17.9 Å². The van der Waals surface area contributed by atoms with Gasteiger partial charge in [0, 0.05) is 50.4 Å². The van der Waals surface area contributed by atoms with E-state index in [1.807, 2.05) is 51.3 Å². The number of aryl methyl sites for hydroxylation is 3. The fraction of sp³-hybridized carbons (Fsp3) is 0.474. The Hall–Kier alpha value is -2.88. The molecule has 1 aliphatic rings. The summed E-state index contributed by atoms with van der Waals surface area (Å²) in [6.45, 7) is 4.48. The van der Waals surface area contributed by atoms with Crippen molar-refractivity contribution in [3.63, 3.8) is 0 Å². The van der Waals surface area contributed by atoms with Crippen LogP contribution >= 0.6 is 0 Å². The van der Waals surface area contributed by atoms with Crippen LogP contribution in [0.25, 0.3) is 0 Å². The van der Waals surface area contributed by atoms with Crippen LogP contribution in [-0.2, 0) is 11.8 Å². The fourth-order valence-corrected chi connectivity index (χ4v) is 3.75. The number of rotatable bonds is 4. The van der Waals surface area contributed by atoms with Crippen molar-refractivity contribution in [3.05, 3.63) is 40.8 Å². The summed E-state index contributed by atoms with van der Waals surface area (Å²) in [6.07, 6.45) is 5.11. The van der Waals surface area contributed by atoms with Gasteiger partial charge in [0.05, 0.1) is 17.8 Å². The van der Waals surface area contributed by atoms with Crippen LogP contribution in [0, 0.1) is 31.1 Å². The predicted molar refractivity (Wildman–Crippen MR) is 98.4 cm³/mol. The van der Waals surface area contributed by atoms with Gasteiger partial charge in [0.15, 0.2) is 0 Å². The summed E-state index contributed by atoms with van der Waals surface area (Å²) < 4.78 is 1.76. The van der Waals surface area contributed by atoms with E-state index in [0.717, 1.165) is 23.2 Å². The first-order valence-electron chi connectivity index (χ1n) is 8.77. The minimum atomic E-state index is -0.0334. The van der Waals surface area contributed by atoms with Gasteiger partial charge in [-0.15, -0.1) is 0 Å². The number of aromatic nitrogens is 3. The van der Waals surface area contributed by atoms with Crippen molar-refractivity contribution >= 4 is 11.7 Å². The molecule has 1 N–H and O–H groups in total. The van der Waals surface area contributed by atoms with Crippen molar-refractivity contribution in [1.29, 1.82) is 5.26 Å². The van der Waals surface area contributed by atoms with Gasteiger partial charge in [-0.05, 0) is 31.9 Å². The molecule has 3 heterocycles. The summed E-state index contributed by atoms with van der Waals surface area (Å²) in [7, 11) is 3.72. The van der Waals surface area contributed by atoms with Gasteiger partial charge in [-0.25, -0.2) is 4.98 Å². The lowest BCUT2D eigenvalue weighted by atomic mass is 9.85. The summed E-state index contributed by atoms with van der Waals surface area (Å²) in [5.74, 6) is 0.989. The Morgan fingerprint density at radius 3 is 2.81 bits per heavy atom. The molecule has 2 atom stereocenters. The van der Waals surface area contributed by atoms with Gasteiger partial charge in [-0.2, -0.15) is 10.4 Å². The maximum Gasteiger partial charge on any atom is 0.222 e. The fourth-order valence-electron chi connectivity index (χ4n) is 3.75. The molecule has 136 valence electrons. The second-order valence-electron chi connectivity index (χ2n) is 6.99. The number of nitrogens with one attached hydrogen (secondary N) is 1. The highest BCUT2D eigenvalue weighted by Gasteiger charge is 2.35. The third-order valence-electron chi connectivity index (χ3n) is 5.04. The molecule has 0 aliphatic carbocycles. The molecule has 7 heteroatoms. The van der Waals surface area contributed by atoms with Crippen LogP contribution in [0.15, 0.2) is 18.5 Å². The van der Waals surface area contributed by atoms with Crippen molar-refractivity contribution in [3.8, 4) is 6.07 Å². The van der Waals surface area contributed by atoms with Crippen molar-refractivity contribution < 1.29 is 4.79 Å². The van der Waals surface area contributed by atoms with E-state index in [1.54, 1.807) is 4.68 Å². The van der Waals surface area contributed by atoms with Crippen molar-refractivity contribution in [2.45, 2.75) is 32.7 Å². The third-order valence-corrected chi connectivity index (χ3v) is 5.04. The number of pyridine rings is 1. The molecule has 1 saturated heterocycles. The van der Waals surface area contributed by atoms with E-state index in [0.29, 0.717) is 24.3 Å². The normalized spacial score (nSPS) is 20.1. The van der Waals surface area contributed by atoms with Crippen LogP contribution in [-0.4, -0.2) is 39.2 Å². The number of nitrogens with zero attached hydrogens (tertiary/aromatic N) is 5. The van der Waals surface area contributed by atoms with Crippen LogP contribution < -0.4 is 5.32 Å². The second kappa shape index (κ2) is 7.16. The minimum Gasteiger partial charge on any atom is -0.369 e. The van der Waals surface area contributed by atoms with Crippen LogP contribution in [0.2, 0.25) is 0 Å². The first kappa shape index (κ1) is 17.9. The second-order valence-corrected chi connectivity index (χ2v) is 6.99. The topological polar surface area (TPSA) is 86.8 Å². The summed E-state index contributed by atoms with van der Waals surface area (Å²) in [5.41, 5.74) is 3.41. The van der Waals surface area contributed by atoms with Crippen LogP contribution in [0.1, 0.15) is 41.3 Å². The lowest BCUT2D eigenvalue weighted by Crippen LogP contribution is -2.42. The van der Waals surface area contributed by atoms with Crippen molar-refractivity contribution in [2.75, 3.05) is 18.9 Å². The number of piperidine rings is 1. The number of anilines is 1. The molecule has 0 unspecified atom stereocenters. The number of carbonyl (C=O) groups is 1. The zero-order valence-electron chi connectivity index (χ0n) is 15.7. The van der Waals surface area contributed by atoms with Crippen LogP contribution in [0.4, 0.5) is 5.82 Å². The van der Waals surface area contributed by atoms with Gasteiger partial charge in [0.25, 0.3) is 0 Å². The van der Waals surface area contributed by atoms with Gasteiger partial charge in [-0.1, -0.05) is 0 Å². The van der Waals surface area contributed by atoms with E-state index in [1.165, 1.54) is 0 Å². The Kier molecular flexibility index (Phi) is 4.94. The Labute approximate surface area is 153 Å². The number of carbonyl (C=O) groups excluding carboxylic acids is 1. The summed E-state index contributed by atoms with van der Waals surface area (Å²) in [6, 6.07) is 4.12. The molecule has 2 aromatic rings. The molecule has 0 bridgehead atoms. The Bertz CT molecular complexity index is 865. The number of likely N-dealkylation sites (tertiary alicyclic amines) is 1. The maximum absolute atomic E-state index is 12.2. The van der Waals surface area contributed by atoms with E-state index >= 15 is 0 Å². The molecule has 26 heavy (non-hydrogen) atoms. The van der Waals surface area contributed by atoms with Gasteiger partial charge in [-0.3, -0.25) is 9.48 Å². The average Bonchev–Trinajstić information content (AvgIpc) is 3.01. The third kappa shape index (κ3) is 3.40. The summed E-state index contributed by atoms with van der Waals surface area (Å²) in [5, 5.41) is 17.1. The van der Waals surface area contributed by atoms with E-state index in [9.17, 15) is 10.1 Å². The molecule has 1 aliphatic heterocycles. The lowest BCUT2D eigenvalue weighted by molar-refractivity contribution is -0.136. The first-order valence-corrected chi connectivity index (χ1v) is 8.77. The van der Waals surface area contributed by atoms with Crippen LogP contribution in [0.5, 0.6) is 0 Å². The van der Waals surface area contributed by atoms with E-state index in [4.69, 9.17) is 0 Å². The highest BCUT2D eigenvalue weighted by Crippen LogP contribution is 2.35. The summed E-state index contributed by atoms with van der Waals surface area (Å²) in [4.78, 5) is 18.5. The molecular weight excluding hydrogens is 328 g/mol. The Morgan fingerprint density at radius 1 is 1.38 bits per heavy atom. The zero-order chi connectivity index (χ0) is 18.8. The Morgan fingerprint density at radius 2 is 2.15 bits per heavy atom. The summed E-state index contributed by atoms with van der Waals surface area (Å²) >= 11 is 0. The number of hydrogen-bond donors (Lipinski definition) is 1. The van der Waals surface area contributed by atoms with Crippen molar-refractivity contribution in [1.82, 2.24) is 19.7 Å². The molecular formula is C19H24N6O. The number of amides is 1. The molecule has 3 rings (SSSR count). The molecule has 0 spiro atoms. The van der Waals surface area contributed by atoms with Crippen molar-refractivity contribution in [2.24, 2.45) is 13.0 Å². The highest BCUT2D eigenvalue weighted by atomic mass is 16.2. The molecule has 0 radical (unpaired) electrons. The van der Waals surface area contributed by atoms with E-state index in [2.05, 4.69) is 21.5 Å². The molecule has 1 amide bonds. The van der Waals surface area contributed by atoms with Gasteiger partial charge >= 0.3 is 0 Å².